The second-order valence-electron chi connectivity index (χ2n) is 9.51. The summed E-state index contributed by atoms with van der Waals surface area (Å²) in [5.41, 5.74) is 0.675. The molecule has 0 spiro atoms. The molecule has 0 aromatic rings. The van der Waals surface area contributed by atoms with Crippen LogP contribution < -0.4 is 19.3 Å². The predicted molar refractivity (Wildman–Crippen MR) is 121 cm³/mol. The van der Waals surface area contributed by atoms with Gasteiger partial charge in [-0.2, -0.15) is 0 Å². The third-order valence-corrected chi connectivity index (χ3v) is 5.26. The predicted octanol–water partition coefficient (Wildman–Crippen LogP) is 4.47. The van der Waals surface area contributed by atoms with Crippen LogP contribution in [0.2, 0.25) is 0 Å². The second kappa shape index (κ2) is 21.8. The van der Waals surface area contributed by atoms with Gasteiger partial charge in [-0.1, -0.05) is 74.7 Å². The Hall–Kier alpha value is 0.554. The van der Waals surface area contributed by atoms with Crippen molar-refractivity contribution in [3.8, 4) is 0 Å². The Morgan fingerprint density at radius 1 is 0.862 bits per heavy atom. The third kappa shape index (κ3) is 28.6. The van der Waals surface area contributed by atoms with E-state index in [1.165, 1.54) is 51.4 Å². The minimum absolute atomic E-state index is 0.417. The first kappa shape index (κ1) is 34.2. The van der Waals surface area contributed by atoms with Gasteiger partial charge in [0.15, 0.2) is 0 Å². The maximum absolute atomic E-state index is 9.53. The Bertz CT molecular complexity index is 301. The maximum atomic E-state index is 9.53. The molecule has 1 saturated carbocycles. The van der Waals surface area contributed by atoms with E-state index in [1.54, 1.807) is 27.7 Å². The molecule has 0 aliphatic heterocycles. The smallest absolute Gasteiger partial charge is 0.00747 e. The molecule has 0 aromatic heterocycles. The first-order valence-corrected chi connectivity index (χ1v) is 12.6. The van der Waals surface area contributed by atoms with Crippen molar-refractivity contribution in [1.29, 1.82) is 0 Å². The van der Waals surface area contributed by atoms with Gasteiger partial charge in [0.25, 0.3) is 0 Å². The van der Waals surface area contributed by atoms with Crippen molar-refractivity contribution in [2.75, 3.05) is 0 Å². The van der Waals surface area contributed by atoms with E-state index >= 15 is 0 Å². The fourth-order valence-electron chi connectivity index (χ4n) is 3.70. The Morgan fingerprint density at radius 2 is 1.24 bits per heavy atom. The normalized spacial score (nSPS) is 17.9. The summed E-state index contributed by atoms with van der Waals surface area (Å²) in [4.78, 5) is 0. The molecule has 1 aliphatic rings. The van der Waals surface area contributed by atoms with Crippen molar-refractivity contribution >= 4 is 0 Å². The zero-order chi connectivity index (χ0) is 23.5. The van der Waals surface area contributed by atoms with Crippen LogP contribution in [0.4, 0.5) is 0 Å². The van der Waals surface area contributed by atoms with E-state index in [9.17, 15) is 10.2 Å². The van der Waals surface area contributed by atoms with Crippen molar-refractivity contribution < 1.29 is 30.9 Å². The minimum Gasteiger partial charge on any atom is -0.852 e. The summed E-state index contributed by atoms with van der Waals surface area (Å²) in [7, 11) is 0. The van der Waals surface area contributed by atoms with Gasteiger partial charge in [0.05, 0.1) is 0 Å². The van der Waals surface area contributed by atoms with Gasteiger partial charge in [-0.25, -0.2) is 0 Å². The Labute approximate surface area is 196 Å². The molecule has 175 valence electrons. The molecule has 1 fully saturated rings. The zero-order valence-corrected chi connectivity index (χ0v) is 22.9. The minimum atomic E-state index is -0.417. The number of rotatable bonds is 7. The molecular formula is C24H53N2O2Ti. The van der Waals surface area contributed by atoms with Crippen LogP contribution in [0.1, 0.15) is 121 Å². The molecule has 5 heteroatoms. The summed E-state index contributed by atoms with van der Waals surface area (Å²) in [5, 5.41) is 22.8. The van der Waals surface area contributed by atoms with Crippen LogP contribution in [0.3, 0.4) is 0 Å². The molecule has 29 heavy (non-hydrogen) atoms. The van der Waals surface area contributed by atoms with Crippen LogP contribution in [0.25, 0.3) is 0 Å². The number of hydrogen-bond acceptors (Lipinski definition) is 4. The molecule has 0 amide bonds. The summed E-state index contributed by atoms with van der Waals surface area (Å²) >= 11 is 1.95. The molecule has 0 saturated heterocycles. The summed E-state index contributed by atoms with van der Waals surface area (Å²) < 4.78 is 3.03. The van der Waals surface area contributed by atoms with E-state index in [1.807, 2.05) is 20.7 Å². The summed E-state index contributed by atoms with van der Waals surface area (Å²) in [6, 6.07) is 2.06. The summed E-state index contributed by atoms with van der Waals surface area (Å²) in [6.07, 6.45) is 10.5. The van der Waals surface area contributed by atoms with Gasteiger partial charge in [-0.05, 0) is 37.5 Å². The fraction of sp³-hybridized carbons (Fsp3) is 1.00. The summed E-state index contributed by atoms with van der Waals surface area (Å²) in [6.45, 7) is 19.9. The standard InChI is InChI=1S/C15H31N.C3H8N.2C3H7O.Ti/c1-5-9-15(10-6-2)11-7-8-14(12-15)16-13(3)4;3*1-3(2)4;/h13-14,16H,5-12H2,1-4H3;3-4H,1-2H3;2*3H,1-2H3;/q;3*-1;+3. The number of nitrogens with one attached hydrogen (secondary N) is 2. The Morgan fingerprint density at radius 3 is 1.52 bits per heavy atom. The van der Waals surface area contributed by atoms with Crippen LogP contribution in [0, 0.1) is 5.41 Å². The monoisotopic (exact) mass is 449 g/mol. The van der Waals surface area contributed by atoms with Gasteiger partial charge in [-0.3, -0.25) is 0 Å². The van der Waals surface area contributed by atoms with Gasteiger partial charge >= 0.3 is 44.4 Å². The molecule has 2 N–H and O–H groups in total. The SMILES string of the molecule is CC(C)[NH][Ti+2].CC(C)[O-].CC(C)[O-].CCCC1(CCC)CCCC(NC(C)C)C1. The third-order valence-electron chi connectivity index (χ3n) is 4.36. The van der Waals surface area contributed by atoms with Gasteiger partial charge in [0.1, 0.15) is 0 Å². The average Bonchev–Trinajstić information content (AvgIpc) is 2.54. The van der Waals surface area contributed by atoms with Crippen molar-refractivity contribution in [2.45, 2.75) is 151 Å². The first-order valence-electron chi connectivity index (χ1n) is 11.9. The molecular weight excluding hydrogens is 396 g/mol. The van der Waals surface area contributed by atoms with Crippen molar-refractivity contribution in [3.05, 3.63) is 0 Å². The van der Waals surface area contributed by atoms with Crippen LogP contribution in [-0.2, 0) is 20.7 Å². The Kier molecular flexibility index (Phi) is 25.7. The van der Waals surface area contributed by atoms with Gasteiger partial charge < -0.3 is 15.5 Å². The van der Waals surface area contributed by atoms with E-state index < -0.39 is 12.2 Å². The molecule has 1 atom stereocenters. The van der Waals surface area contributed by atoms with Gasteiger partial charge in [0, 0.05) is 12.1 Å². The van der Waals surface area contributed by atoms with Crippen molar-refractivity contribution in [3.63, 3.8) is 0 Å². The van der Waals surface area contributed by atoms with E-state index in [0.29, 0.717) is 17.5 Å². The van der Waals surface area contributed by atoms with Gasteiger partial charge in [0.2, 0.25) is 0 Å². The molecule has 1 rings (SSSR count). The van der Waals surface area contributed by atoms with Crippen molar-refractivity contribution in [2.24, 2.45) is 5.41 Å². The van der Waals surface area contributed by atoms with E-state index in [4.69, 9.17) is 0 Å². The van der Waals surface area contributed by atoms with E-state index in [0.717, 1.165) is 6.04 Å². The average molecular weight is 450 g/mol. The van der Waals surface area contributed by atoms with Crippen molar-refractivity contribution in [1.82, 2.24) is 9.12 Å². The molecule has 0 bridgehead atoms. The zero-order valence-electron chi connectivity index (χ0n) is 21.4. The maximum Gasteiger partial charge on any atom is 0.00747 e. The first-order chi connectivity index (χ1) is 13.4. The van der Waals surface area contributed by atoms with Crippen LogP contribution in [0.5, 0.6) is 0 Å². The number of hydrogen-bond donors (Lipinski definition) is 2. The van der Waals surface area contributed by atoms with Crippen LogP contribution >= 0.6 is 0 Å². The van der Waals surface area contributed by atoms with Crippen LogP contribution in [0.15, 0.2) is 0 Å². The van der Waals surface area contributed by atoms with E-state index in [-0.39, 0.29) is 0 Å². The molecule has 1 unspecified atom stereocenters. The molecule has 0 aromatic carbocycles. The molecule has 1 aliphatic carbocycles. The molecule has 0 heterocycles. The molecule has 0 radical (unpaired) electrons. The fourth-order valence-corrected chi connectivity index (χ4v) is 3.70. The molecule has 4 nitrogen and oxygen atoms in total. The Balaban J connectivity index is -0.000000426. The topological polar surface area (TPSA) is 70.2 Å². The van der Waals surface area contributed by atoms with Gasteiger partial charge in [-0.15, -0.1) is 12.2 Å². The summed E-state index contributed by atoms with van der Waals surface area (Å²) in [5.74, 6) is 0. The quantitative estimate of drug-likeness (QED) is 0.563. The van der Waals surface area contributed by atoms with Crippen LogP contribution in [-0.4, -0.2) is 30.3 Å². The second-order valence-corrected chi connectivity index (χ2v) is 9.96. The van der Waals surface area contributed by atoms with E-state index in [2.05, 4.69) is 50.7 Å². The largest absolute Gasteiger partial charge is 0.852 e.